The minimum atomic E-state index is -0.152. The van der Waals surface area contributed by atoms with Crippen LogP contribution >= 0.6 is 11.6 Å². The number of rotatable bonds is 8. The van der Waals surface area contributed by atoms with Gasteiger partial charge in [-0.3, -0.25) is 4.79 Å². The number of hydrogen-bond acceptors (Lipinski definition) is 3. The number of benzene rings is 4. The van der Waals surface area contributed by atoms with Crippen molar-refractivity contribution in [1.82, 2.24) is 19.7 Å². The van der Waals surface area contributed by atoms with Gasteiger partial charge in [0.2, 0.25) is 0 Å². The number of nitrogens with zero attached hydrogens (tertiary/aromatic N) is 3. The predicted molar refractivity (Wildman–Crippen MR) is 174 cm³/mol. The number of amides is 1. The summed E-state index contributed by atoms with van der Waals surface area (Å²) in [6, 6.07) is 35.6. The van der Waals surface area contributed by atoms with E-state index in [0.717, 1.165) is 64.0 Å². The van der Waals surface area contributed by atoms with Crippen molar-refractivity contribution >= 4 is 28.4 Å². The quantitative estimate of drug-likeness (QED) is 0.222. The van der Waals surface area contributed by atoms with E-state index in [1.807, 2.05) is 35.2 Å². The number of hydrogen-bond donors (Lipinski definition) is 1. The first-order valence-electron chi connectivity index (χ1n) is 14.7. The van der Waals surface area contributed by atoms with E-state index in [-0.39, 0.29) is 11.8 Å². The van der Waals surface area contributed by atoms with E-state index in [0.29, 0.717) is 24.7 Å². The van der Waals surface area contributed by atoms with Gasteiger partial charge in [0, 0.05) is 72.2 Å². The molecule has 6 rings (SSSR count). The Bertz CT molecular complexity index is 1630. The molecule has 1 aromatic heterocycles. The number of halogens is 1. The van der Waals surface area contributed by atoms with Crippen molar-refractivity contribution in [3.63, 3.8) is 0 Å². The fourth-order valence-corrected chi connectivity index (χ4v) is 6.45. The number of likely N-dealkylation sites (N-methyl/N-ethyl adjacent to an activating group) is 1. The van der Waals surface area contributed by atoms with Crippen LogP contribution in [-0.4, -0.2) is 67.1 Å². The zero-order chi connectivity index (χ0) is 29.1. The highest BCUT2D eigenvalue weighted by Gasteiger charge is 2.34. The monoisotopic (exact) mass is 576 g/mol. The molecule has 0 aliphatic carbocycles. The number of nitrogens with one attached hydrogen (secondary N) is 1. The third-order valence-electron chi connectivity index (χ3n) is 8.22. The van der Waals surface area contributed by atoms with Crippen LogP contribution in [0.15, 0.2) is 103 Å². The standard InChI is InChI=1S/C36H37ClN4O/c1-39(2)24-25-41-31-19-11-17-29(28-16-9-10-18-30(28)37)33(31)34(35(41)36(42)40-22-20-38-21-23-40)32(26-12-5-3-6-13-26)27-14-7-4-8-15-27/h3-19,32,38H,20-25H2,1-2H3. The van der Waals surface area contributed by atoms with E-state index in [9.17, 15) is 4.79 Å². The highest BCUT2D eigenvalue weighted by molar-refractivity contribution is 6.33. The van der Waals surface area contributed by atoms with Crippen LogP contribution in [0.3, 0.4) is 0 Å². The maximum atomic E-state index is 14.8. The maximum absolute atomic E-state index is 14.8. The van der Waals surface area contributed by atoms with Crippen LogP contribution in [0.4, 0.5) is 0 Å². The summed E-state index contributed by atoms with van der Waals surface area (Å²) in [5.74, 6) is -0.0653. The Hall–Kier alpha value is -3.90. The normalized spacial score (nSPS) is 13.8. The summed E-state index contributed by atoms with van der Waals surface area (Å²) in [6.45, 7) is 4.47. The zero-order valence-electron chi connectivity index (χ0n) is 24.3. The molecule has 0 unspecified atom stereocenters. The molecule has 1 aliphatic rings. The number of aromatic nitrogens is 1. The third-order valence-corrected chi connectivity index (χ3v) is 8.55. The van der Waals surface area contributed by atoms with Gasteiger partial charge in [-0.1, -0.05) is 103 Å². The molecule has 6 heteroatoms. The van der Waals surface area contributed by atoms with Crippen LogP contribution < -0.4 is 5.32 Å². The Labute approximate surface area is 253 Å². The van der Waals surface area contributed by atoms with E-state index >= 15 is 0 Å². The molecule has 0 atom stereocenters. The summed E-state index contributed by atoms with van der Waals surface area (Å²) in [5.41, 5.74) is 7.18. The van der Waals surface area contributed by atoms with Crippen molar-refractivity contribution in [1.29, 1.82) is 0 Å². The molecule has 0 bridgehead atoms. The van der Waals surface area contributed by atoms with Gasteiger partial charge in [0.15, 0.2) is 0 Å². The van der Waals surface area contributed by atoms with Gasteiger partial charge >= 0.3 is 0 Å². The largest absolute Gasteiger partial charge is 0.335 e. The molecular weight excluding hydrogens is 540 g/mol. The first-order chi connectivity index (χ1) is 20.5. The van der Waals surface area contributed by atoms with Crippen molar-refractivity contribution in [3.05, 3.63) is 131 Å². The fraction of sp³-hybridized carbons (Fsp3) is 0.250. The molecule has 214 valence electrons. The lowest BCUT2D eigenvalue weighted by molar-refractivity contribution is 0.0723. The van der Waals surface area contributed by atoms with Gasteiger partial charge in [-0.15, -0.1) is 0 Å². The molecular formula is C36H37ClN4O. The number of carbonyl (C=O) groups is 1. The van der Waals surface area contributed by atoms with Crippen LogP contribution in [-0.2, 0) is 6.54 Å². The van der Waals surface area contributed by atoms with Crippen molar-refractivity contribution < 1.29 is 4.79 Å². The van der Waals surface area contributed by atoms with Crippen LogP contribution in [0.2, 0.25) is 5.02 Å². The van der Waals surface area contributed by atoms with Crippen LogP contribution in [0.1, 0.15) is 33.1 Å². The minimum Gasteiger partial charge on any atom is -0.335 e. The smallest absolute Gasteiger partial charge is 0.270 e. The van der Waals surface area contributed by atoms with Crippen molar-refractivity contribution in [2.75, 3.05) is 46.8 Å². The second-order valence-electron chi connectivity index (χ2n) is 11.2. The molecule has 0 saturated carbocycles. The summed E-state index contributed by atoms with van der Waals surface area (Å²) in [5, 5.41) is 5.19. The highest BCUT2D eigenvalue weighted by Crippen LogP contribution is 2.45. The van der Waals surface area contributed by atoms with Gasteiger partial charge in [-0.05, 0) is 42.9 Å². The summed E-state index contributed by atoms with van der Waals surface area (Å²) < 4.78 is 2.27. The molecule has 2 heterocycles. The van der Waals surface area contributed by atoms with E-state index < -0.39 is 0 Å². The number of fused-ring (bicyclic) bond motifs is 1. The Balaban J connectivity index is 1.74. The van der Waals surface area contributed by atoms with Gasteiger partial charge < -0.3 is 19.7 Å². The first kappa shape index (κ1) is 28.2. The van der Waals surface area contributed by atoms with Gasteiger partial charge in [0.05, 0.1) is 0 Å². The Morgan fingerprint density at radius 1 is 0.810 bits per heavy atom. The van der Waals surface area contributed by atoms with Gasteiger partial charge in [-0.25, -0.2) is 0 Å². The average molecular weight is 577 g/mol. The SMILES string of the molecule is CN(C)CCn1c(C(=O)N2CCNCC2)c(C(c2ccccc2)c2ccccc2)c2c(-c3ccccc3Cl)cccc21. The zero-order valence-corrected chi connectivity index (χ0v) is 25.0. The lowest BCUT2D eigenvalue weighted by Crippen LogP contribution is -2.47. The fourth-order valence-electron chi connectivity index (χ4n) is 6.21. The number of carbonyl (C=O) groups excluding carboxylic acids is 1. The molecule has 0 radical (unpaired) electrons. The molecule has 1 aliphatic heterocycles. The van der Waals surface area contributed by atoms with E-state index in [2.05, 4.69) is 102 Å². The summed E-state index contributed by atoms with van der Waals surface area (Å²) in [4.78, 5) is 19.0. The molecule has 1 N–H and O–H groups in total. The first-order valence-corrected chi connectivity index (χ1v) is 15.1. The van der Waals surface area contributed by atoms with E-state index in [1.54, 1.807) is 0 Å². The molecule has 5 nitrogen and oxygen atoms in total. The number of piperazine rings is 1. The maximum Gasteiger partial charge on any atom is 0.270 e. The molecule has 4 aromatic carbocycles. The van der Waals surface area contributed by atoms with Crippen molar-refractivity contribution in [2.24, 2.45) is 0 Å². The van der Waals surface area contributed by atoms with Crippen molar-refractivity contribution in [3.8, 4) is 11.1 Å². The van der Waals surface area contributed by atoms with Gasteiger partial charge in [0.1, 0.15) is 5.69 Å². The Morgan fingerprint density at radius 2 is 1.40 bits per heavy atom. The van der Waals surface area contributed by atoms with Gasteiger partial charge in [-0.2, -0.15) is 0 Å². The van der Waals surface area contributed by atoms with Crippen LogP contribution in [0.25, 0.3) is 22.0 Å². The summed E-state index contributed by atoms with van der Waals surface area (Å²) in [6.07, 6.45) is 0. The molecule has 1 amide bonds. The molecule has 1 fully saturated rings. The summed E-state index contributed by atoms with van der Waals surface area (Å²) in [7, 11) is 4.16. The molecule has 5 aromatic rings. The second kappa shape index (κ2) is 12.5. The van der Waals surface area contributed by atoms with Crippen LogP contribution in [0, 0.1) is 0 Å². The van der Waals surface area contributed by atoms with Crippen molar-refractivity contribution in [2.45, 2.75) is 12.5 Å². The van der Waals surface area contributed by atoms with Crippen LogP contribution in [0.5, 0.6) is 0 Å². The van der Waals surface area contributed by atoms with Gasteiger partial charge in [0.25, 0.3) is 5.91 Å². The van der Waals surface area contributed by atoms with E-state index in [4.69, 9.17) is 11.6 Å². The molecule has 42 heavy (non-hydrogen) atoms. The van der Waals surface area contributed by atoms with E-state index in [1.165, 1.54) is 0 Å². The highest BCUT2D eigenvalue weighted by atomic mass is 35.5. The Morgan fingerprint density at radius 3 is 2.02 bits per heavy atom. The summed E-state index contributed by atoms with van der Waals surface area (Å²) >= 11 is 6.86. The Kier molecular flexibility index (Phi) is 8.43. The lowest BCUT2D eigenvalue weighted by Gasteiger charge is -2.29. The predicted octanol–water partition coefficient (Wildman–Crippen LogP) is 6.75. The third kappa shape index (κ3) is 5.48. The second-order valence-corrected chi connectivity index (χ2v) is 11.6. The minimum absolute atomic E-state index is 0.0865. The topological polar surface area (TPSA) is 40.5 Å². The molecule has 1 saturated heterocycles. The molecule has 0 spiro atoms. The average Bonchev–Trinajstić information content (AvgIpc) is 3.35. The lowest BCUT2D eigenvalue weighted by atomic mass is 9.82.